The summed E-state index contributed by atoms with van der Waals surface area (Å²) in [7, 11) is 0. The maximum absolute atomic E-state index is 12.1. The van der Waals surface area contributed by atoms with Crippen molar-refractivity contribution in [2.45, 2.75) is 62.9 Å². The first-order chi connectivity index (χ1) is 14.1. The van der Waals surface area contributed by atoms with Crippen LogP contribution in [0.5, 0.6) is 11.5 Å². The molecule has 29 heavy (non-hydrogen) atoms. The third-order valence-electron chi connectivity index (χ3n) is 6.26. The highest BCUT2D eigenvalue weighted by atomic mass is 16.6. The van der Waals surface area contributed by atoms with Gasteiger partial charge in [-0.2, -0.15) is 0 Å². The van der Waals surface area contributed by atoms with Gasteiger partial charge >= 0.3 is 0 Å². The number of para-hydroxylation sites is 2. The van der Waals surface area contributed by atoms with Crippen molar-refractivity contribution in [3.8, 4) is 11.5 Å². The molecule has 0 radical (unpaired) electrons. The summed E-state index contributed by atoms with van der Waals surface area (Å²) in [5.41, 5.74) is -0.267. The molecular formula is C22H32N2O5. The van der Waals surface area contributed by atoms with Gasteiger partial charge in [-0.15, -0.1) is 0 Å². The van der Waals surface area contributed by atoms with E-state index in [1.165, 1.54) is 0 Å². The lowest BCUT2D eigenvalue weighted by Gasteiger charge is -2.46. The van der Waals surface area contributed by atoms with Gasteiger partial charge in [-0.1, -0.05) is 31.9 Å². The number of fused-ring (bicyclic) bond motifs is 1. The molecule has 3 unspecified atom stereocenters. The second-order valence-electron chi connectivity index (χ2n) is 8.43. The molecule has 0 aliphatic carbocycles. The number of carbonyl (C=O) groups excluding carboxylic acids is 1. The Hall–Kier alpha value is -1.83. The number of unbranched alkanes of at least 4 members (excludes halogenated alkanes) is 1. The van der Waals surface area contributed by atoms with E-state index in [1.807, 2.05) is 24.3 Å². The van der Waals surface area contributed by atoms with E-state index in [2.05, 4.69) is 17.1 Å². The average molecular weight is 405 g/mol. The van der Waals surface area contributed by atoms with Crippen molar-refractivity contribution >= 4 is 5.91 Å². The molecule has 2 fully saturated rings. The number of aliphatic hydroxyl groups excluding tert-OH is 1. The number of ether oxygens (including phenoxy) is 3. The van der Waals surface area contributed by atoms with Crippen LogP contribution >= 0.6 is 0 Å². The SMILES string of the molecule is CCCCC1OC2(CCN(CC(O)C3COc4ccccc4O3)CC2)CNC1=O. The number of nitrogens with one attached hydrogen (secondary N) is 1. The predicted molar refractivity (Wildman–Crippen MR) is 108 cm³/mol. The summed E-state index contributed by atoms with van der Waals surface area (Å²) in [5.74, 6) is 1.44. The van der Waals surface area contributed by atoms with E-state index in [0.717, 1.165) is 50.9 Å². The molecule has 0 bridgehead atoms. The summed E-state index contributed by atoms with van der Waals surface area (Å²) in [4.78, 5) is 14.3. The van der Waals surface area contributed by atoms with Crippen LogP contribution in [0.1, 0.15) is 39.0 Å². The van der Waals surface area contributed by atoms with Gasteiger partial charge in [0.15, 0.2) is 17.6 Å². The van der Waals surface area contributed by atoms with E-state index >= 15 is 0 Å². The summed E-state index contributed by atoms with van der Waals surface area (Å²) in [5, 5.41) is 13.7. The minimum atomic E-state index is -0.623. The van der Waals surface area contributed by atoms with Crippen molar-refractivity contribution in [2.24, 2.45) is 0 Å². The van der Waals surface area contributed by atoms with Crippen LogP contribution in [-0.2, 0) is 9.53 Å². The Labute approximate surface area is 172 Å². The number of β-amino-alcohol motifs (C(OH)–C–C–N with tert-alkyl or cyclic N) is 1. The van der Waals surface area contributed by atoms with Gasteiger partial charge in [-0.25, -0.2) is 0 Å². The molecule has 3 heterocycles. The number of aliphatic hydroxyl groups is 1. The van der Waals surface area contributed by atoms with Crippen LogP contribution in [0, 0.1) is 0 Å². The molecular weight excluding hydrogens is 372 g/mol. The number of amides is 1. The molecule has 2 saturated heterocycles. The lowest BCUT2D eigenvalue weighted by atomic mass is 9.88. The highest BCUT2D eigenvalue weighted by molar-refractivity contribution is 5.81. The summed E-state index contributed by atoms with van der Waals surface area (Å²) < 4.78 is 18.0. The van der Waals surface area contributed by atoms with Gasteiger partial charge in [-0.3, -0.25) is 4.79 Å². The van der Waals surface area contributed by atoms with Crippen molar-refractivity contribution in [3.63, 3.8) is 0 Å². The second kappa shape index (κ2) is 8.90. The molecule has 7 nitrogen and oxygen atoms in total. The molecule has 3 aliphatic rings. The highest BCUT2D eigenvalue weighted by Crippen LogP contribution is 2.33. The molecule has 3 aliphatic heterocycles. The summed E-state index contributed by atoms with van der Waals surface area (Å²) >= 11 is 0. The fourth-order valence-electron chi connectivity index (χ4n) is 4.38. The molecule has 160 valence electrons. The quantitative estimate of drug-likeness (QED) is 0.752. The molecule has 4 rings (SSSR count). The Morgan fingerprint density at radius 3 is 2.79 bits per heavy atom. The maximum atomic E-state index is 12.1. The van der Waals surface area contributed by atoms with Gasteiger partial charge in [0.05, 0.1) is 5.60 Å². The van der Waals surface area contributed by atoms with Crippen molar-refractivity contribution in [1.82, 2.24) is 10.2 Å². The molecule has 7 heteroatoms. The Bertz CT molecular complexity index is 704. The lowest BCUT2D eigenvalue weighted by Crippen LogP contribution is -2.61. The van der Waals surface area contributed by atoms with Gasteiger partial charge in [0, 0.05) is 26.2 Å². The van der Waals surface area contributed by atoms with Crippen LogP contribution in [-0.4, -0.2) is 72.6 Å². The molecule has 0 aromatic heterocycles. The monoisotopic (exact) mass is 404 g/mol. The number of rotatable bonds is 6. The zero-order chi connectivity index (χ0) is 20.3. The van der Waals surface area contributed by atoms with E-state index in [1.54, 1.807) is 0 Å². The predicted octanol–water partition coefficient (Wildman–Crippen LogP) is 1.73. The third-order valence-corrected chi connectivity index (χ3v) is 6.26. The Morgan fingerprint density at radius 1 is 1.28 bits per heavy atom. The molecule has 1 aromatic rings. The standard InChI is InChI=1S/C22H32N2O5/c1-2-3-6-19-21(26)23-15-22(29-19)9-11-24(12-10-22)13-16(25)20-14-27-17-7-4-5-8-18(17)28-20/h4-5,7-8,16,19-20,25H,2-3,6,9-15H2,1H3,(H,23,26). The normalized spacial score (nSPS) is 27.4. The van der Waals surface area contributed by atoms with Gasteiger partial charge in [0.1, 0.15) is 18.8 Å². The van der Waals surface area contributed by atoms with Crippen molar-refractivity contribution < 1.29 is 24.1 Å². The molecule has 1 aromatic carbocycles. The largest absolute Gasteiger partial charge is 0.486 e. The fourth-order valence-corrected chi connectivity index (χ4v) is 4.38. The number of piperidine rings is 1. The molecule has 1 spiro atoms. The maximum Gasteiger partial charge on any atom is 0.249 e. The average Bonchev–Trinajstić information content (AvgIpc) is 2.76. The summed E-state index contributed by atoms with van der Waals surface area (Å²) in [6, 6.07) is 7.55. The van der Waals surface area contributed by atoms with E-state index in [-0.39, 0.29) is 23.7 Å². The lowest BCUT2D eigenvalue weighted by molar-refractivity contribution is -0.172. The number of morpholine rings is 1. The number of hydrogen-bond donors (Lipinski definition) is 2. The summed E-state index contributed by atoms with van der Waals surface area (Å²) in [6.07, 6.45) is 3.23. The van der Waals surface area contributed by atoms with E-state index in [4.69, 9.17) is 14.2 Å². The van der Waals surface area contributed by atoms with Crippen molar-refractivity contribution in [1.29, 1.82) is 0 Å². The minimum Gasteiger partial charge on any atom is -0.486 e. The van der Waals surface area contributed by atoms with Gasteiger partial charge in [0.2, 0.25) is 5.91 Å². The number of nitrogens with zero attached hydrogens (tertiary/aromatic N) is 1. The van der Waals surface area contributed by atoms with E-state index in [0.29, 0.717) is 25.4 Å². The van der Waals surface area contributed by atoms with Gasteiger partial charge in [-0.05, 0) is 31.4 Å². The van der Waals surface area contributed by atoms with E-state index in [9.17, 15) is 9.90 Å². The fraction of sp³-hybridized carbons (Fsp3) is 0.682. The van der Waals surface area contributed by atoms with Crippen molar-refractivity contribution in [2.75, 3.05) is 32.8 Å². The Balaban J connectivity index is 1.27. The van der Waals surface area contributed by atoms with Gasteiger partial charge < -0.3 is 29.5 Å². The molecule has 0 saturated carbocycles. The zero-order valence-electron chi connectivity index (χ0n) is 17.1. The van der Waals surface area contributed by atoms with Crippen LogP contribution in [0.4, 0.5) is 0 Å². The summed E-state index contributed by atoms with van der Waals surface area (Å²) in [6.45, 7) is 5.26. The first kappa shape index (κ1) is 20.4. The van der Waals surface area contributed by atoms with Crippen LogP contribution in [0.15, 0.2) is 24.3 Å². The third kappa shape index (κ3) is 4.68. The zero-order valence-corrected chi connectivity index (χ0v) is 17.1. The number of hydrogen-bond acceptors (Lipinski definition) is 6. The first-order valence-electron chi connectivity index (χ1n) is 10.8. The van der Waals surface area contributed by atoms with E-state index < -0.39 is 6.10 Å². The Morgan fingerprint density at radius 2 is 2.03 bits per heavy atom. The second-order valence-corrected chi connectivity index (χ2v) is 8.43. The molecule has 3 atom stereocenters. The molecule has 1 amide bonds. The first-order valence-corrected chi connectivity index (χ1v) is 10.8. The smallest absolute Gasteiger partial charge is 0.249 e. The highest BCUT2D eigenvalue weighted by Gasteiger charge is 2.43. The molecule has 2 N–H and O–H groups in total. The minimum absolute atomic E-state index is 0.0247. The topological polar surface area (TPSA) is 80.3 Å². The van der Waals surface area contributed by atoms with Crippen molar-refractivity contribution in [3.05, 3.63) is 24.3 Å². The van der Waals surface area contributed by atoms with Crippen LogP contribution < -0.4 is 14.8 Å². The van der Waals surface area contributed by atoms with Crippen LogP contribution in [0.2, 0.25) is 0 Å². The van der Waals surface area contributed by atoms with Gasteiger partial charge in [0.25, 0.3) is 0 Å². The Kier molecular flexibility index (Phi) is 6.27. The van der Waals surface area contributed by atoms with Crippen LogP contribution in [0.3, 0.4) is 0 Å². The number of likely N-dealkylation sites (tertiary alicyclic amines) is 1. The van der Waals surface area contributed by atoms with Crippen LogP contribution in [0.25, 0.3) is 0 Å². The number of benzene rings is 1. The number of carbonyl (C=O) groups is 1.